The molecule has 0 spiro atoms. The van der Waals surface area contributed by atoms with Gasteiger partial charge in [0.05, 0.1) is 13.2 Å². The van der Waals surface area contributed by atoms with E-state index in [-0.39, 0.29) is 10.8 Å². The number of pyridine rings is 1. The van der Waals surface area contributed by atoms with Crippen molar-refractivity contribution in [2.75, 3.05) is 36.5 Å². The number of anilines is 2. The summed E-state index contributed by atoms with van der Waals surface area (Å²) >= 11 is 3.71. The lowest BCUT2D eigenvalue weighted by Crippen LogP contribution is -2.38. The van der Waals surface area contributed by atoms with Crippen molar-refractivity contribution in [3.8, 4) is 0 Å². The molecule has 2 aliphatic rings. The van der Waals surface area contributed by atoms with Crippen LogP contribution in [0.25, 0.3) is 20.4 Å². The SMILES string of the molecule is C[C@H](CCc1ccccc1)Nc1nnnc2c1sc1nc(N3CCOCC3)c3c(c12)CC(C)(C)SC3. The van der Waals surface area contributed by atoms with E-state index in [2.05, 4.69) is 76.7 Å². The van der Waals surface area contributed by atoms with Gasteiger partial charge in [-0.05, 0) is 42.5 Å². The molecule has 0 aliphatic carbocycles. The highest BCUT2D eigenvalue weighted by molar-refractivity contribution is 7.99. The fourth-order valence-electron chi connectivity index (χ4n) is 5.18. The Morgan fingerprint density at radius 2 is 1.92 bits per heavy atom. The standard InChI is InChI=1S/C27H32N6OS2/c1-17(9-10-18-7-5-4-6-8-18)28-24-23-22(30-32-31-24)21-19-15-27(2,3)35-16-20(19)25(29-26(21)36-23)33-11-13-34-14-12-33/h4-8,17H,9-16H2,1-3H3,(H,28,30,31)/t17-/m1/s1. The van der Waals surface area contributed by atoms with Gasteiger partial charge in [-0.25, -0.2) is 4.98 Å². The first-order chi connectivity index (χ1) is 17.5. The molecule has 0 saturated carbocycles. The van der Waals surface area contributed by atoms with Gasteiger partial charge in [0.15, 0.2) is 5.82 Å². The molecule has 6 rings (SSSR count). The van der Waals surface area contributed by atoms with Crippen molar-refractivity contribution in [1.29, 1.82) is 0 Å². The number of thiophene rings is 1. The van der Waals surface area contributed by atoms with Crippen LogP contribution in [0.5, 0.6) is 0 Å². The van der Waals surface area contributed by atoms with E-state index < -0.39 is 0 Å². The van der Waals surface area contributed by atoms with E-state index in [1.165, 1.54) is 22.1 Å². The maximum atomic E-state index is 5.63. The molecule has 1 saturated heterocycles. The number of hydrogen-bond acceptors (Lipinski definition) is 9. The van der Waals surface area contributed by atoms with Crippen LogP contribution in [0.2, 0.25) is 0 Å². The van der Waals surface area contributed by atoms with Gasteiger partial charge >= 0.3 is 0 Å². The molecule has 0 radical (unpaired) electrons. The summed E-state index contributed by atoms with van der Waals surface area (Å²) in [6.07, 6.45) is 3.03. The molecule has 9 heteroatoms. The van der Waals surface area contributed by atoms with Gasteiger partial charge in [-0.1, -0.05) is 44.2 Å². The molecule has 2 aliphatic heterocycles. The molecule has 36 heavy (non-hydrogen) atoms. The van der Waals surface area contributed by atoms with Crippen molar-refractivity contribution in [1.82, 2.24) is 20.4 Å². The summed E-state index contributed by atoms with van der Waals surface area (Å²) in [6.45, 7) is 10.2. The Balaban J connectivity index is 1.39. The maximum absolute atomic E-state index is 5.63. The van der Waals surface area contributed by atoms with E-state index in [1.54, 1.807) is 11.3 Å². The largest absolute Gasteiger partial charge is 0.378 e. The van der Waals surface area contributed by atoms with Crippen LogP contribution in [0.3, 0.4) is 0 Å². The van der Waals surface area contributed by atoms with Crippen LogP contribution in [-0.4, -0.2) is 57.5 Å². The fourth-order valence-corrected chi connectivity index (χ4v) is 7.35. The Bertz CT molecular complexity index is 1380. The van der Waals surface area contributed by atoms with Crippen molar-refractivity contribution >= 4 is 55.2 Å². The summed E-state index contributed by atoms with van der Waals surface area (Å²) in [5, 5.41) is 18.0. The molecule has 4 aromatic rings. The Hall–Kier alpha value is -2.49. The second-order valence-electron chi connectivity index (χ2n) is 10.4. The molecule has 1 fully saturated rings. The van der Waals surface area contributed by atoms with Gasteiger partial charge in [-0.15, -0.1) is 21.5 Å². The highest BCUT2D eigenvalue weighted by Crippen LogP contribution is 2.47. The monoisotopic (exact) mass is 520 g/mol. The third-order valence-electron chi connectivity index (χ3n) is 7.12. The van der Waals surface area contributed by atoms with Gasteiger partial charge in [0.2, 0.25) is 0 Å². The van der Waals surface area contributed by atoms with E-state index in [9.17, 15) is 0 Å². The molecule has 1 N–H and O–H groups in total. The summed E-state index contributed by atoms with van der Waals surface area (Å²) in [6, 6.07) is 10.9. The van der Waals surface area contributed by atoms with Gasteiger partial charge < -0.3 is 15.0 Å². The molecule has 1 aromatic carbocycles. The molecule has 0 unspecified atom stereocenters. The van der Waals surface area contributed by atoms with Crippen LogP contribution < -0.4 is 10.2 Å². The zero-order valence-electron chi connectivity index (χ0n) is 21.1. The number of ether oxygens (including phenoxy) is 1. The number of morpholine rings is 1. The average molecular weight is 521 g/mol. The zero-order chi connectivity index (χ0) is 24.7. The van der Waals surface area contributed by atoms with Gasteiger partial charge in [-0.2, -0.15) is 11.8 Å². The third kappa shape index (κ3) is 4.64. The zero-order valence-corrected chi connectivity index (χ0v) is 22.7. The van der Waals surface area contributed by atoms with Crippen LogP contribution in [0.1, 0.15) is 43.9 Å². The van der Waals surface area contributed by atoms with E-state index in [1.807, 2.05) is 11.8 Å². The number of aromatic nitrogens is 4. The third-order valence-corrected chi connectivity index (χ3v) is 9.56. The Morgan fingerprint density at radius 3 is 2.72 bits per heavy atom. The number of hydrogen-bond donors (Lipinski definition) is 1. The molecule has 1 atom stereocenters. The van der Waals surface area contributed by atoms with Crippen molar-refractivity contribution in [2.24, 2.45) is 0 Å². The minimum atomic E-state index is 0.172. The van der Waals surface area contributed by atoms with Crippen molar-refractivity contribution in [3.05, 3.63) is 47.0 Å². The minimum Gasteiger partial charge on any atom is -0.378 e. The quantitative estimate of drug-likeness (QED) is 0.359. The number of nitrogens with one attached hydrogen (secondary N) is 1. The Labute approximate surface area is 220 Å². The van der Waals surface area contributed by atoms with Crippen LogP contribution >= 0.6 is 23.1 Å². The number of nitrogens with zero attached hydrogens (tertiary/aromatic N) is 5. The fraction of sp³-hybridized carbons (Fsp3) is 0.481. The smallest absolute Gasteiger partial charge is 0.170 e. The van der Waals surface area contributed by atoms with Crippen molar-refractivity contribution < 1.29 is 4.74 Å². The highest BCUT2D eigenvalue weighted by Gasteiger charge is 2.33. The first kappa shape index (κ1) is 23.9. The first-order valence-electron chi connectivity index (χ1n) is 12.7. The van der Waals surface area contributed by atoms with Crippen molar-refractivity contribution in [3.63, 3.8) is 0 Å². The van der Waals surface area contributed by atoms with Gasteiger partial charge in [-0.3, -0.25) is 0 Å². The topological polar surface area (TPSA) is 76.1 Å². The molecular weight excluding hydrogens is 488 g/mol. The van der Waals surface area contributed by atoms with E-state index in [4.69, 9.17) is 9.72 Å². The second-order valence-corrected chi connectivity index (χ2v) is 13.1. The van der Waals surface area contributed by atoms with Crippen LogP contribution in [0, 0.1) is 0 Å². The van der Waals surface area contributed by atoms with E-state index in [0.717, 1.165) is 78.0 Å². The summed E-state index contributed by atoms with van der Waals surface area (Å²) in [7, 11) is 0. The molecular formula is C27H32N6OS2. The summed E-state index contributed by atoms with van der Waals surface area (Å²) in [4.78, 5) is 8.69. The van der Waals surface area contributed by atoms with Gasteiger partial charge in [0, 0.05) is 40.6 Å². The van der Waals surface area contributed by atoms with Crippen LogP contribution in [0.15, 0.2) is 30.3 Å². The number of rotatable bonds is 6. The molecule has 5 heterocycles. The summed E-state index contributed by atoms with van der Waals surface area (Å²) in [5.74, 6) is 2.91. The Morgan fingerprint density at radius 1 is 1.11 bits per heavy atom. The summed E-state index contributed by atoms with van der Waals surface area (Å²) in [5.41, 5.74) is 5.03. The number of aryl methyl sites for hydroxylation is 1. The predicted octanol–water partition coefficient (Wildman–Crippen LogP) is 5.47. The second kappa shape index (κ2) is 9.76. The molecule has 0 amide bonds. The van der Waals surface area contributed by atoms with Crippen LogP contribution in [0.4, 0.5) is 11.6 Å². The van der Waals surface area contributed by atoms with E-state index in [0.29, 0.717) is 0 Å². The van der Waals surface area contributed by atoms with Crippen molar-refractivity contribution in [2.45, 2.75) is 56.6 Å². The lowest BCUT2D eigenvalue weighted by atomic mass is 9.94. The number of thioether (sulfide) groups is 1. The summed E-state index contributed by atoms with van der Waals surface area (Å²) < 4.78 is 6.85. The molecule has 188 valence electrons. The first-order valence-corrected chi connectivity index (χ1v) is 14.5. The van der Waals surface area contributed by atoms with Gasteiger partial charge in [0.25, 0.3) is 0 Å². The number of fused-ring (bicyclic) bond motifs is 5. The molecule has 0 bridgehead atoms. The minimum absolute atomic E-state index is 0.172. The normalized spacial score (nSPS) is 18.4. The maximum Gasteiger partial charge on any atom is 0.170 e. The van der Waals surface area contributed by atoms with E-state index >= 15 is 0 Å². The lowest BCUT2D eigenvalue weighted by Gasteiger charge is -2.35. The van der Waals surface area contributed by atoms with Crippen LogP contribution in [-0.2, 0) is 23.3 Å². The average Bonchev–Trinajstić information content (AvgIpc) is 3.27. The molecule has 3 aromatic heterocycles. The highest BCUT2D eigenvalue weighted by atomic mass is 32.2. The van der Waals surface area contributed by atoms with Gasteiger partial charge in [0.1, 0.15) is 20.9 Å². The molecule has 7 nitrogen and oxygen atoms in total. The Kier molecular flexibility index (Phi) is 6.47. The predicted molar refractivity (Wildman–Crippen MR) is 150 cm³/mol. The lowest BCUT2D eigenvalue weighted by molar-refractivity contribution is 0.122. The number of benzene rings is 1.